The lowest BCUT2D eigenvalue weighted by Crippen LogP contribution is -2.45. The van der Waals surface area contributed by atoms with Crippen molar-refractivity contribution in [1.82, 2.24) is 4.31 Å². The number of methoxy groups -OCH3 is 1. The van der Waals surface area contributed by atoms with Crippen LogP contribution in [0, 0.1) is 6.92 Å². The third-order valence-electron chi connectivity index (χ3n) is 4.20. The van der Waals surface area contributed by atoms with E-state index < -0.39 is 27.9 Å². The smallest absolute Gasteiger partial charge is 0.269 e. The number of anilines is 1. The van der Waals surface area contributed by atoms with Crippen molar-refractivity contribution in [3.63, 3.8) is 0 Å². The third-order valence-corrected chi connectivity index (χ3v) is 6.11. The number of nitrogens with zero attached hydrogens (tertiary/aromatic N) is 1. The van der Waals surface area contributed by atoms with E-state index in [2.05, 4.69) is 5.32 Å². The minimum atomic E-state index is -4.06. The molecule has 0 spiro atoms. The fraction of sp³-hybridized carbons (Fsp3) is 0.222. The summed E-state index contributed by atoms with van der Waals surface area (Å²) < 4.78 is 31.2. The molecule has 0 saturated heterocycles. The topological polar surface area (TPSA) is 92.8 Å². The molecule has 1 aliphatic heterocycles. The Hall–Kier alpha value is -2.87. The van der Waals surface area contributed by atoms with E-state index in [0.717, 1.165) is 5.56 Å². The van der Waals surface area contributed by atoms with E-state index in [9.17, 15) is 18.0 Å². The number of benzene rings is 2. The van der Waals surface area contributed by atoms with Gasteiger partial charge in [-0.2, -0.15) is 0 Å². The van der Waals surface area contributed by atoms with E-state index >= 15 is 0 Å². The molecule has 3 rings (SSSR count). The highest BCUT2D eigenvalue weighted by atomic mass is 32.2. The van der Waals surface area contributed by atoms with Crippen molar-refractivity contribution < 1.29 is 22.7 Å². The number of carbonyl (C=O) groups is 2. The van der Waals surface area contributed by atoms with Gasteiger partial charge in [0.1, 0.15) is 16.7 Å². The molecule has 0 bridgehead atoms. The fourth-order valence-corrected chi connectivity index (χ4v) is 4.57. The lowest BCUT2D eigenvalue weighted by atomic mass is 10.2. The summed E-state index contributed by atoms with van der Waals surface area (Å²) in [5.41, 5.74) is 1.37. The van der Waals surface area contributed by atoms with Crippen LogP contribution in [0.3, 0.4) is 0 Å². The first kappa shape index (κ1) is 17.9. The van der Waals surface area contributed by atoms with Gasteiger partial charge in [0.2, 0.25) is 5.91 Å². The van der Waals surface area contributed by atoms with Crippen LogP contribution < -0.4 is 10.1 Å². The van der Waals surface area contributed by atoms with E-state index in [-0.39, 0.29) is 10.5 Å². The molecule has 0 aliphatic carbocycles. The largest absolute Gasteiger partial charge is 0.495 e. The molecule has 1 atom stereocenters. The maximum absolute atomic E-state index is 12.7. The molecule has 1 N–H and O–H groups in total. The summed E-state index contributed by atoms with van der Waals surface area (Å²) in [6, 6.07) is 9.92. The third kappa shape index (κ3) is 2.82. The summed E-state index contributed by atoms with van der Waals surface area (Å²) in [5, 5.41) is 2.64. The van der Waals surface area contributed by atoms with Crippen LogP contribution in [0.4, 0.5) is 5.69 Å². The van der Waals surface area contributed by atoms with Crippen molar-refractivity contribution in [2.24, 2.45) is 0 Å². The summed E-state index contributed by atoms with van der Waals surface area (Å²) >= 11 is 0. The Morgan fingerprint density at radius 2 is 1.88 bits per heavy atom. The van der Waals surface area contributed by atoms with E-state index in [4.69, 9.17) is 4.74 Å². The predicted molar refractivity (Wildman–Crippen MR) is 95.6 cm³/mol. The molecule has 26 heavy (non-hydrogen) atoms. The monoisotopic (exact) mass is 374 g/mol. The Bertz CT molecular complexity index is 1000. The number of carbonyl (C=O) groups excluding carboxylic acids is 2. The molecular weight excluding hydrogens is 356 g/mol. The van der Waals surface area contributed by atoms with E-state index in [0.29, 0.717) is 15.7 Å². The molecule has 8 heteroatoms. The van der Waals surface area contributed by atoms with Gasteiger partial charge < -0.3 is 10.1 Å². The van der Waals surface area contributed by atoms with Gasteiger partial charge in [-0.3, -0.25) is 9.59 Å². The van der Waals surface area contributed by atoms with Gasteiger partial charge in [-0.15, -0.1) is 0 Å². The number of fused-ring (bicyclic) bond motifs is 1. The molecule has 0 saturated carbocycles. The number of ether oxygens (including phenoxy) is 1. The maximum atomic E-state index is 12.7. The van der Waals surface area contributed by atoms with Crippen molar-refractivity contribution in [3.05, 3.63) is 53.6 Å². The first-order valence-corrected chi connectivity index (χ1v) is 9.34. The molecule has 1 aliphatic rings. The number of sulfonamides is 1. The molecule has 7 nitrogen and oxygen atoms in total. The van der Waals surface area contributed by atoms with Crippen molar-refractivity contribution in [3.8, 4) is 5.75 Å². The first-order chi connectivity index (χ1) is 12.3. The van der Waals surface area contributed by atoms with Crippen LogP contribution in [-0.2, 0) is 14.8 Å². The lowest BCUT2D eigenvalue weighted by Gasteiger charge is -2.23. The van der Waals surface area contributed by atoms with E-state index in [1.165, 1.54) is 32.2 Å². The highest BCUT2D eigenvalue weighted by molar-refractivity contribution is 7.90. The van der Waals surface area contributed by atoms with Crippen LogP contribution in [0.15, 0.2) is 47.4 Å². The number of nitrogens with one attached hydrogen (secondary N) is 1. The Kier molecular flexibility index (Phi) is 4.45. The maximum Gasteiger partial charge on any atom is 0.269 e. The average Bonchev–Trinajstić information content (AvgIpc) is 2.81. The van der Waals surface area contributed by atoms with Crippen LogP contribution >= 0.6 is 0 Å². The van der Waals surface area contributed by atoms with Crippen molar-refractivity contribution in [2.45, 2.75) is 24.8 Å². The zero-order chi connectivity index (χ0) is 19.1. The number of rotatable bonds is 4. The second kappa shape index (κ2) is 6.45. The highest BCUT2D eigenvalue weighted by Gasteiger charge is 2.45. The fourth-order valence-electron chi connectivity index (χ4n) is 2.85. The average molecular weight is 374 g/mol. The molecule has 2 amide bonds. The molecule has 1 heterocycles. The van der Waals surface area contributed by atoms with Gasteiger partial charge >= 0.3 is 0 Å². The summed E-state index contributed by atoms with van der Waals surface area (Å²) in [4.78, 5) is 25.1. The van der Waals surface area contributed by atoms with Crippen molar-refractivity contribution in [1.29, 1.82) is 0 Å². The van der Waals surface area contributed by atoms with Gasteiger partial charge in [-0.1, -0.05) is 18.2 Å². The normalized spacial score (nSPS) is 16.1. The van der Waals surface area contributed by atoms with Gasteiger partial charge in [0.15, 0.2) is 0 Å². The number of hydrogen-bond donors (Lipinski definition) is 1. The van der Waals surface area contributed by atoms with E-state index in [1.807, 2.05) is 13.0 Å². The van der Waals surface area contributed by atoms with Gasteiger partial charge in [0.25, 0.3) is 15.9 Å². The molecule has 136 valence electrons. The number of aryl methyl sites for hydroxylation is 1. The van der Waals surface area contributed by atoms with Crippen molar-refractivity contribution >= 4 is 27.5 Å². The molecule has 2 aromatic rings. The SMILES string of the molecule is COc1ccc(C)cc1NC(=O)C(C)N1C(=O)c2ccccc2S1(=O)=O. The van der Waals surface area contributed by atoms with Crippen LogP contribution in [0.25, 0.3) is 0 Å². The second-order valence-corrected chi connectivity index (χ2v) is 7.75. The minimum Gasteiger partial charge on any atom is -0.495 e. The summed E-state index contributed by atoms with van der Waals surface area (Å²) in [7, 11) is -2.60. The predicted octanol–water partition coefficient (Wildman–Crippen LogP) is 2.18. The Balaban J connectivity index is 1.91. The lowest BCUT2D eigenvalue weighted by molar-refractivity contribution is -0.118. The quantitative estimate of drug-likeness (QED) is 0.885. The standard InChI is InChI=1S/C18H18N2O5S/c1-11-8-9-15(25-3)14(10-11)19-17(21)12(2)20-18(22)13-6-4-5-7-16(13)26(20,23)24/h4-10,12H,1-3H3,(H,19,21). The molecule has 0 aromatic heterocycles. The van der Waals surface area contributed by atoms with Crippen LogP contribution in [0.1, 0.15) is 22.8 Å². The summed E-state index contributed by atoms with van der Waals surface area (Å²) in [5.74, 6) is -0.895. The van der Waals surface area contributed by atoms with Crippen molar-refractivity contribution in [2.75, 3.05) is 12.4 Å². The number of amides is 2. The molecule has 0 fully saturated rings. The zero-order valence-electron chi connectivity index (χ0n) is 14.5. The zero-order valence-corrected chi connectivity index (χ0v) is 15.3. The molecule has 2 aromatic carbocycles. The van der Waals surface area contributed by atoms with Crippen LogP contribution in [0.2, 0.25) is 0 Å². The molecule has 0 radical (unpaired) electrons. The molecule has 1 unspecified atom stereocenters. The Morgan fingerprint density at radius 1 is 1.19 bits per heavy atom. The van der Waals surface area contributed by atoms with Crippen LogP contribution in [0.5, 0.6) is 5.75 Å². The summed E-state index contributed by atoms with van der Waals surface area (Å²) in [6.45, 7) is 3.22. The Labute approximate surface area is 151 Å². The number of hydrogen-bond acceptors (Lipinski definition) is 5. The second-order valence-electron chi connectivity index (χ2n) is 5.97. The Morgan fingerprint density at radius 3 is 2.54 bits per heavy atom. The highest BCUT2D eigenvalue weighted by Crippen LogP contribution is 2.32. The van der Waals surface area contributed by atoms with E-state index in [1.54, 1.807) is 18.2 Å². The van der Waals surface area contributed by atoms with Crippen LogP contribution in [-0.4, -0.2) is 37.7 Å². The first-order valence-electron chi connectivity index (χ1n) is 7.90. The molecular formula is C18H18N2O5S. The van der Waals surface area contributed by atoms with Gasteiger partial charge in [-0.25, -0.2) is 12.7 Å². The van der Waals surface area contributed by atoms with Gasteiger partial charge in [0, 0.05) is 0 Å². The van der Waals surface area contributed by atoms with Gasteiger partial charge in [-0.05, 0) is 43.7 Å². The van der Waals surface area contributed by atoms with Gasteiger partial charge in [0.05, 0.1) is 18.4 Å². The summed E-state index contributed by atoms with van der Waals surface area (Å²) in [6.07, 6.45) is 0. The minimum absolute atomic E-state index is 0.0697.